The highest BCUT2D eigenvalue weighted by Gasteiger charge is 2.33. The number of rotatable bonds is 4. The highest BCUT2D eigenvalue weighted by Crippen LogP contribution is 2.35. The minimum atomic E-state index is -0.519. The van der Waals surface area contributed by atoms with Crippen LogP contribution in [-0.4, -0.2) is 6.03 Å². The molecule has 0 spiro atoms. The van der Waals surface area contributed by atoms with E-state index in [0.717, 1.165) is 16.5 Å². The molecule has 2 N–H and O–H groups in total. The third-order valence-electron chi connectivity index (χ3n) is 5.41. The molecular weight excluding hydrogens is 386 g/mol. The predicted octanol–water partition coefficient (Wildman–Crippen LogP) is 5.60. The van der Waals surface area contributed by atoms with Crippen LogP contribution in [0.5, 0.6) is 5.75 Å². The number of nitrogens with one attached hydrogen (secondary N) is 2. The summed E-state index contributed by atoms with van der Waals surface area (Å²) in [4.78, 5) is 12.3. The number of allylic oxidation sites excluding steroid dienone is 1. The monoisotopic (exact) mass is 411 g/mol. The Bertz CT molecular complexity index is 1210. The Morgan fingerprint density at radius 3 is 2.55 bits per heavy atom. The first-order chi connectivity index (χ1) is 14.9. The van der Waals surface area contributed by atoms with Crippen molar-refractivity contribution < 1.29 is 9.53 Å². The van der Waals surface area contributed by atoms with E-state index in [9.17, 15) is 10.1 Å². The molecule has 31 heavy (non-hydrogen) atoms. The maximum absolute atomic E-state index is 12.3. The van der Waals surface area contributed by atoms with Gasteiger partial charge < -0.3 is 15.4 Å². The number of hydrogen-bond acceptors (Lipinski definition) is 3. The summed E-state index contributed by atoms with van der Waals surface area (Å²) in [5.74, 6) is 0.688. The molecule has 3 aromatic carbocycles. The van der Waals surface area contributed by atoms with E-state index in [0.29, 0.717) is 23.6 Å². The number of amides is 2. The molecule has 1 aliphatic heterocycles. The van der Waals surface area contributed by atoms with E-state index in [1.165, 1.54) is 5.39 Å². The average Bonchev–Trinajstić information content (AvgIpc) is 2.76. The van der Waals surface area contributed by atoms with Crippen molar-refractivity contribution in [2.75, 3.05) is 0 Å². The number of hydrogen-bond donors (Lipinski definition) is 2. The zero-order chi connectivity index (χ0) is 22.0. The van der Waals surface area contributed by atoms with Gasteiger partial charge in [0.05, 0.1) is 17.7 Å². The van der Waals surface area contributed by atoms with Gasteiger partial charge in [-0.1, -0.05) is 75.4 Å². The lowest BCUT2D eigenvalue weighted by atomic mass is 9.84. The van der Waals surface area contributed by atoms with Gasteiger partial charge in [0, 0.05) is 11.1 Å². The summed E-state index contributed by atoms with van der Waals surface area (Å²) in [7, 11) is 0. The second-order valence-electron chi connectivity index (χ2n) is 8.68. The molecule has 1 atom stereocenters. The standard InChI is InChI=1S/C26H25N3O2/c1-26(2,3)24-22(15-27)23(28-25(30)29-24)18-10-7-12-20(14-18)31-16-19-11-6-9-17-8-4-5-13-21(17)19/h4-14,23H,16H2,1-3H3,(H2,28,29,30)/t23-/m1/s1. The van der Waals surface area contributed by atoms with Crippen LogP contribution in [0.3, 0.4) is 0 Å². The summed E-state index contributed by atoms with van der Waals surface area (Å²) in [6, 6.07) is 23.4. The van der Waals surface area contributed by atoms with Gasteiger partial charge in [0.25, 0.3) is 0 Å². The van der Waals surface area contributed by atoms with Crippen molar-refractivity contribution in [2.45, 2.75) is 33.4 Å². The molecule has 0 saturated heterocycles. The quantitative estimate of drug-likeness (QED) is 0.587. The molecule has 0 aromatic heterocycles. The lowest BCUT2D eigenvalue weighted by Gasteiger charge is -2.33. The first-order valence-corrected chi connectivity index (χ1v) is 10.3. The van der Waals surface area contributed by atoms with Gasteiger partial charge in [0.2, 0.25) is 0 Å². The molecule has 3 aromatic rings. The smallest absolute Gasteiger partial charge is 0.319 e. The first-order valence-electron chi connectivity index (χ1n) is 10.3. The summed E-state index contributed by atoms with van der Waals surface area (Å²) in [6.45, 7) is 6.36. The highest BCUT2D eigenvalue weighted by molar-refractivity contribution is 5.85. The van der Waals surface area contributed by atoms with Crippen LogP contribution in [0.15, 0.2) is 78.0 Å². The Morgan fingerprint density at radius 2 is 1.77 bits per heavy atom. The number of urea groups is 1. The van der Waals surface area contributed by atoms with Crippen molar-refractivity contribution in [3.8, 4) is 11.8 Å². The van der Waals surface area contributed by atoms with Crippen molar-refractivity contribution in [3.05, 3.63) is 89.1 Å². The lowest BCUT2D eigenvalue weighted by Crippen LogP contribution is -2.46. The average molecular weight is 412 g/mol. The van der Waals surface area contributed by atoms with Gasteiger partial charge in [-0.2, -0.15) is 5.26 Å². The predicted molar refractivity (Wildman–Crippen MR) is 121 cm³/mol. The molecule has 0 unspecified atom stereocenters. The van der Waals surface area contributed by atoms with Gasteiger partial charge in [0.1, 0.15) is 12.4 Å². The third-order valence-corrected chi connectivity index (χ3v) is 5.41. The second-order valence-corrected chi connectivity index (χ2v) is 8.68. The van der Waals surface area contributed by atoms with Crippen LogP contribution in [0.2, 0.25) is 0 Å². The van der Waals surface area contributed by atoms with Gasteiger partial charge in [-0.3, -0.25) is 0 Å². The zero-order valence-corrected chi connectivity index (χ0v) is 17.9. The fraction of sp³-hybridized carbons (Fsp3) is 0.231. The van der Waals surface area contributed by atoms with Gasteiger partial charge in [0.15, 0.2) is 0 Å². The van der Waals surface area contributed by atoms with E-state index < -0.39 is 6.04 Å². The molecule has 5 nitrogen and oxygen atoms in total. The summed E-state index contributed by atoms with van der Waals surface area (Å²) >= 11 is 0. The fourth-order valence-corrected chi connectivity index (χ4v) is 3.89. The van der Waals surface area contributed by atoms with Crippen LogP contribution in [0.25, 0.3) is 10.8 Å². The van der Waals surface area contributed by atoms with Crippen LogP contribution < -0.4 is 15.4 Å². The number of nitriles is 1. The topological polar surface area (TPSA) is 74.1 Å². The minimum absolute atomic E-state index is 0.309. The summed E-state index contributed by atoms with van der Waals surface area (Å²) in [5.41, 5.74) is 2.71. The van der Waals surface area contributed by atoms with Gasteiger partial charge in [-0.15, -0.1) is 0 Å². The zero-order valence-electron chi connectivity index (χ0n) is 17.9. The highest BCUT2D eigenvalue weighted by atomic mass is 16.5. The van der Waals surface area contributed by atoms with Crippen molar-refractivity contribution in [2.24, 2.45) is 5.41 Å². The number of carbonyl (C=O) groups is 1. The molecule has 0 fully saturated rings. The Balaban J connectivity index is 1.62. The van der Waals surface area contributed by atoms with Crippen molar-refractivity contribution in [3.63, 3.8) is 0 Å². The van der Waals surface area contributed by atoms with E-state index in [1.807, 2.05) is 63.2 Å². The van der Waals surface area contributed by atoms with Crippen LogP contribution in [0, 0.1) is 16.7 Å². The number of nitrogens with zero attached hydrogens (tertiary/aromatic N) is 1. The molecule has 156 valence electrons. The van der Waals surface area contributed by atoms with E-state index in [1.54, 1.807) is 0 Å². The summed E-state index contributed by atoms with van der Waals surface area (Å²) < 4.78 is 6.09. The van der Waals surface area contributed by atoms with E-state index in [2.05, 4.69) is 41.0 Å². The normalized spacial score (nSPS) is 16.5. The maximum Gasteiger partial charge on any atom is 0.319 e. The number of fused-ring (bicyclic) bond motifs is 1. The van der Waals surface area contributed by atoms with Crippen LogP contribution in [-0.2, 0) is 6.61 Å². The maximum atomic E-state index is 12.3. The van der Waals surface area contributed by atoms with Gasteiger partial charge in [-0.05, 0) is 34.0 Å². The van der Waals surface area contributed by atoms with Crippen LogP contribution in [0.4, 0.5) is 4.79 Å². The SMILES string of the molecule is CC(C)(C)C1=C(C#N)[C@@H](c2cccc(OCc3cccc4ccccc34)c2)NC(=O)N1. The van der Waals surface area contributed by atoms with E-state index >= 15 is 0 Å². The van der Waals surface area contributed by atoms with Crippen LogP contribution in [0.1, 0.15) is 37.9 Å². The molecule has 0 bridgehead atoms. The number of carbonyl (C=O) groups excluding carboxylic acids is 1. The fourth-order valence-electron chi connectivity index (χ4n) is 3.89. The lowest BCUT2D eigenvalue weighted by molar-refractivity contribution is 0.235. The number of ether oxygens (including phenoxy) is 1. The molecule has 0 radical (unpaired) electrons. The summed E-state index contributed by atoms with van der Waals surface area (Å²) in [6.07, 6.45) is 0. The Kier molecular flexibility index (Phi) is 5.39. The largest absolute Gasteiger partial charge is 0.489 e. The molecule has 2 amide bonds. The van der Waals surface area contributed by atoms with Gasteiger partial charge in [-0.25, -0.2) is 4.79 Å². The molecule has 0 aliphatic carbocycles. The Labute approximate surface area is 182 Å². The molecule has 1 heterocycles. The van der Waals surface area contributed by atoms with Crippen molar-refractivity contribution in [1.82, 2.24) is 10.6 Å². The van der Waals surface area contributed by atoms with E-state index in [4.69, 9.17) is 4.74 Å². The van der Waals surface area contributed by atoms with Crippen molar-refractivity contribution in [1.29, 1.82) is 5.26 Å². The molecule has 1 aliphatic rings. The van der Waals surface area contributed by atoms with E-state index in [-0.39, 0.29) is 11.4 Å². The number of benzene rings is 3. The molecule has 5 heteroatoms. The second kappa shape index (κ2) is 8.16. The molecular formula is C26H25N3O2. The van der Waals surface area contributed by atoms with Crippen LogP contribution >= 0.6 is 0 Å². The Hall–Kier alpha value is -3.78. The van der Waals surface area contributed by atoms with Crippen molar-refractivity contribution >= 4 is 16.8 Å². The first kappa shape index (κ1) is 20.5. The van der Waals surface area contributed by atoms with Gasteiger partial charge >= 0.3 is 6.03 Å². The molecule has 0 saturated carbocycles. The molecule has 4 rings (SSSR count). The summed E-state index contributed by atoms with van der Waals surface area (Å²) in [5, 5.41) is 17.9. The Morgan fingerprint density at radius 1 is 1.03 bits per heavy atom. The third kappa shape index (κ3) is 4.24. The minimum Gasteiger partial charge on any atom is -0.489 e.